The molecule has 0 aliphatic carbocycles. The highest BCUT2D eigenvalue weighted by Crippen LogP contribution is 2.27. The molecule has 1 N–H and O–H groups in total. The largest absolute Gasteiger partial charge is 0.497 e. The number of carbonyl (C=O) groups is 1. The zero-order chi connectivity index (χ0) is 23.2. The zero-order valence-electron chi connectivity index (χ0n) is 18.8. The highest BCUT2D eigenvalue weighted by Gasteiger charge is 2.19. The maximum absolute atomic E-state index is 12.5. The van der Waals surface area contributed by atoms with Gasteiger partial charge < -0.3 is 19.4 Å². The van der Waals surface area contributed by atoms with Gasteiger partial charge in [-0.25, -0.2) is 0 Å². The predicted molar refractivity (Wildman–Crippen MR) is 131 cm³/mol. The Morgan fingerprint density at radius 3 is 2.61 bits per heavy atom. The van der Waals surface area contributed by atoms with E-state index < -0.39 is 0 Å². The molecule has 8 heteroatoms. The lowest BCUT2D eigenvalue weighted by Crippen LogP contribution is -2.15. The van der Waals surface area contributed by atoms with E-state index in [2.05, 4.69) is 15.5 Å². The summed E-state index contributed by atoms with van der Waals surface area (Å²) in [5.74, 6) is 2.26. The Balaban J connectivity index is 1.39. The van der Waals surface area contributed by atoms with E-state index in [0.717, 1.165) is 22.2 Å². The lowest BCUT2D eigenvalue weighted by Gasteiger charge is -2.16. The minimum absolute atomic E-state index is 0.0943. The van der Waals surface area contributed by atoms with Crippen LogP contribution in [-0.4, -0.2) is 33.5 Å². The number of rotatable bonds is 9. The third-order valence-electron chi connectivity index (χ3n) is 5.14. The van der Waals surface area contributed by atoms with Crippen molar-refractivity contribution in [1.82, 2.24) is 14.8 Å². The van der Waals surface area contributed by atoms with Crippen molar-refractivity contribution >= 4 is 34.1 Å². The summed E-state index contributed by atoms with van der Waals surface area (Å²) in [6, 6.07) is 21.4. The van der Waals surface area contributed by atoms with Gasteiger partial charge in [0.15, 0.2) is 17.1 Å². The standard InChI is InChI=1S/C25H26N4O3S/c1-4-29-24(17(2)32-22-11-7-10-21(15-22)31-3)27-28-25(29)33-16-23(30)26-20-13-12-18-8-5-6-9-19(18)14-20/h5-15,17H,4,16H2,1-3H3,(H,26,30). The van der Waals surface area contributed by atoms with Crippen molar-refractivity contribution in [2.75, 3.05) is 18.2 Å². The Hall–Kier alpha value is -3.52. The van der Waals surface area contributed by atoms with Crippen molar-refractivity contribution in [2.24, 2.45) is 0 Å². The molecule has 7 nitrogen and oxygen atoms in total. The van der Waals surface area contributed by atoms with Crippen molar-refractivity contribution < 1.29 is 14.3 Å². The number of methoxy groups -OCH3 is 1. The second kappa shape index (κ2) is 10.4. The van der Waals surface area contributed by atoms with Crippen LogP contribution in [0.1, 0.15) is 25.8 Å². The van der Waals surface area contributed by atoms with Gasteiger partial charge in [-0.2, -0.15) is 0 Å². The van der Waals surface area contributed by atoms with Gasteiger partial charge in [0.05, 0.1) is 12.9 Å². The van der Waals surface area contributed by atoms with Crippen LogP contribution >= 0.6 is 11.8 Å². The molecular weight excluding hydrogens is 436 g/mol. The summed E-state index contributed by atoms with van der Waals surface area (Å²) < 4.78 is 13.3. The molecule has 0 radical (unpaired) electrons. The second-order valence-electron chi connectivity index (χ2n) is 7.42. The number of carbonyl (C=O) groups excluding carboxylic acids is 1. The first kappa shape index (κ1) is 22.7. The number of ether oxygens (including phenoxy) is 2. The van der Waals surface area contributed by atoms with Gasteiger partial charge in [0.2, 0.25) is 5.91 Å². The topological polar surface area (TPSA) is 78.3 Å². The molecule has 0 saturated heterocycles. The molecule has 0 fully saturated rings. The normalized spacial score (nSPS) is 11.8. The maximum atomic E-state index is 12.5. The first-order valence-electron chi connectivity index (χ1n) is 10.7. The van der Waals surface area contributed by atoms with Gasteiger partial charge in [0.25, 0.3) is 0 Å². The predicted octanol–water partition coefficient (Wildman–Crippen LogP) is 5.33. The number of hydrogen-bond donors (Lipinski definition) is 1. The third-order valence-corrected chi connectivity index (χ3v) is 6.11. The van der Waals surface area contributed by atoms with Crippen LogP contribution in [-0.2, 0) is 11.3 Å². The summed E-state index contributed by atoms with van der Waals surface area (Å²) in [5.41, 5.74) is 0.775. The molecule has 1 atom stereocenters. The molecule has 3 aromatic carbocycles. The van der Waals surface area contributed by atoms with E-state index in [1.165, 1.54) is 11.8 Å². The van der Waals surface area contributed by atoms with Gasteiger partial charge in [0.1, 0.15) is 11.5 Å². The molecule has 1 unspecified atom stereocenters. The lowest BCUT2D eigenvalue weighted by atomic mass is 10.1. The summed E-state index contributed by atoms with van der Waals surface area (Å²) in [4.78, 5) is 12.5. The quantitative estimate of drug-likeness (QED) is 0.339. The van der Waals surface area contributed by atoms with E-state index in [0.29, 0.717) is 23.3 Å². The Morgan fingerprint density at radius 1 is 1.03 bits per heavy atom. The Labute approximate surface area is 197 Å². The average Bonchev–Trinajstić information content (AvgIpc) is 3.26. The number of benzene rings is 3. The third kappa shape index (κ3) is 5.46. The van der Waals surface area contributed by atoms with Crippen LogP contribution in [0.3, 0.4) is 0 Å². The smallest absolute Gasteiger partial charge is 0.234 e. The van der Waals surface area contributed by atoms with Crippen molar-refractivity contribution in [3.8, 4) is 11.5 Å². The highest BCUT2D eigenvalue weighted by atomic mass is 32.2. The van der Waals surface area contributed by atoms with Crippen molar-refractivity contribution in [1.29, 1.82) is 0 Å². The van der Waals surface area contributed by atoms with E-state index in [-0.39, 0.29) is 17.8 Å². The number of aromatic nitrogens is 3. The van der Waals surface area contributed by atoms with Gasteiger partial charge in [-0.1, -0.05) is 48.2 Å². The van der Waals surface area contributed by atoms with Crippen LogP contribution in [0, 0.1) is 0 Å². The summed E-state index contributed by atoms with van der Waals surface area (Å²) in [7, 11) is 1.62. The number of hydrogen-bond acceptors (Lipinski definition) is 6. The van der Waals surface area contributed by atoms with E-state index >= 15 is 0 Å². The average molecular weight is 463 g/mol. The van der Waals surface area contributed by atoms with E-state index in [1.807, 2.05) is 85.1 Å². The molecule has 0 bridgehead atoms. The number of anilines is 1. The lowest BCUT2D eigenvalue weighted by molar-refractivity contribution is -0.113. The molecule has 0 saturated carbocycles. The summed E-state index contributed by atoms with van der Waals surface area (Å²) in [6.45, 7) is 4.61. The molecular formula is C25H26N4O3S. The SMILES string of the molecule is CCn1c(SCC(=O)Nc2ccc3ccccc3c2)nnc1C(C)Oc1cccc(OC)c1. The Morgan fingerprint density at radius 2 is 1.82 bits per heavy atom. The maximum Gasteiger partial charge on any atom is 0.234 e. The first-order valence-corrected chi connectivity index (χ1v) is 11.7. The highest BCUT2D eigenvalue weighted by molar-refractivity contribution is 7.99. The molecule has 1 aromatic heterocycles. The van der Waals surface area contributed by atoms with Crippen LogP contribution in [0.25, 0.3) is 10.8 Å². The van der Waals surface area contributed by atoms with Crippen molar-refractivity contribution in [2.45, 2.75) is 31.7 Å². The molecule has 4 aromatic rings. The van der Waals surface area contributed by atoms with Gasteiger partial charge in [0, 0.05) is 18.3 Å². The fraction of sp³-hybridized carbons (Fsp3) is 0.240. The monoisotopic (exact) mass is 462 g/mol. The Kier molecular flexibility index (Phi) is 7.14. The van der Waals surface area contributed by atoms with Crippen LogP contribution in [0.4, 0.5) is 5.69 Å². The second-order valence-corrected chi connectivity index (χ2v) is 8.37. The molecule has 0 aliphatic rings. The number of nitrogens with zero attached hydrogens (tertiary/aromatic N) is 3. The molecule has 0 aliphatic heterocycles. The Bertz CT molecular complexity index is 1260. The van der Waals surface area contributed by atoms with Crippen LogP contribution in [0.15, 0.2) is 71.9 Å². The fourth-order valence-corrected chi connectivity index (χ4v) is 4.34. The molecule has 33 heavy (non-hydrogen) atoms. The van der Waals surface area contributed by atoms with Crippen LogP contribution < -0.4 is 14.8 Å². The molecule has 1 heterocycles. The zero-order valence-corrected chi connectivity index (χ0v) is 19.6. The molecule has 170 valence electrons. The number of nitrogens with one attached hydrogen (secondary N) is 1. The van der Waals surface area contributed by atoms with E-state index in [1.54, 1.807) is 7.11 Å². The van der Waals surface area contributed by atoms with Crippen LogP contribution in [0.2, 0.25) is 0 Å². The van der Waals surface area contributed by atoms with E-state index in [9.17, 15) is 4.79 Å². The summed E-state index contributed by atoms with van der Waals surface area (Å²) in [6.07, 6.45) is -0.315. The minimum atomic E-state index is -0.315. The summed E-state index contributed by atoms with van der Waals surface area (Å²) >= 11 is 1.35. The van der Waals surface area contributed by atoms with Crippen molar-refractivity contribution in [3.05, 3.63) is 72.6 Å². The number of thioether (sulfide) groups is 1. The van der Waals surface area contributed by atoms with Gasteiger partial charge in [-0.15, -0.1) is 10.2 Å². The summed E-state index contributed by atoms with van der Waals surface area (Å²) in [5, 5.41) is 14.5. The molecule has 1 amide bonds. The van der Waals surface area contributed by atoms with Crippen molar-refractivity contribution in [3.63, 3.8) is 0 Å². The first-order chi connectivity index (χ1) is 16.1. The minimum Gasteiger partial charge on any atom is -0.497 e. The number of amides is 1. The van der Waals surface area contributed by atoms with Crippen LogP contribution in [0.5, 0.6) is 11.5 Å². The fourth-order valence-electron chi connectivity index (χ4n) is 3.53. The molecule has 0 spiro atoms. The van der Waals surface area contributed by atoms with Gasteiger partial charge in [-0.05, 0) is 48.9 Å². The van der Waals surface area contributed by atoms with Gasteiger partial charge in [-0.3, -0.25) is 4.79 Å². The van der Waals surface area contributed by atoms with Gasteiger partial charge >= 0.3 is 0 Å². The molecule has 4 rings (SSSR count). The van der Waals surface area contributed by atoms with E-state index in [4.69, 9.17) is 9.47 Å². The number of fused-ring (bicyclic) bond motifs is 1.